The van der Waals surface area contributed by atoms with Crippen LogP contribution >= 0.6 is 11.3 Å². The quantitative estimate of drug-likeness (QED) is 0.501. The summed E-state index contributed by atoms with van der Waals surface area (Å²) in [6, 6.07) is 13.0. The van der Waals surface area contributed by atoms with Crippen LogP contribution in [0.4, 0.5) is 5.13 Å². The van der Waals surface area contributed by atoms with E-state index in [1.165, 1.54) is 15.6 Å². The van der Waals surface area contributed by atoms with Crippen LogP contribution in [0.15, 0.2) is 52.7 Å². The van der Waals surface area contributed by atoms with Gasteiger partial charge in [0.2, 0.25) is 15.9 Å². The third kappa shape index (κ3) is 5.16. The highest BCUT2D eigenvalue weighted by molar-refractivity contribution is 7.89. The van der Waals surface area contributed by atoms with E-state index in [4.69, 9.17) is 4.74 Å². The molecule has 3 aromatic rings. The Morgan fingerprint density at radius 3 is 2.62 bits per heavy atom. The molecule has 7 nitrogen and oxygen atoms in total. The number of aromatic nitrogens is 1. The molecule has 0 spiro atoms. The average Bonchev–Trinajstić information content (AvgIpc) is 3.27. The summed E-state index contributed by atoms with van der Waals surface area (Å²) in [6.07, 6.45) is 0.947. The number of hydrogen-bond donors (Lipinski definition) is 1. The summed E-state index contributed by atoms with van der Waals surface area (Å²) in [4.78, 5) is 17.8. The van der Waals surface area contributed by atoms with Crippen LogP contribution < -0.4 is 10.1 Å². The van der Waals surface area contributed by atoms with Crippen molar-refractivity contribution in [1.82, 2.24) is 9.29 Å². The van der Waals surface area contributed by atoms with Gasteiger partial charge in [-0.3, -0.25) is 4.79 Å². The van der Waals surface area contributed by atoms with Crippen molar-refractivity contribution in [1.29, 1.82) is 0 Å². The van der Waals surface area contributed by atoms with Gasteiger partial charge in [0.15, 0.2) is 5.13 Å². The minimum atomic E-state index is -3.57. The predicted octanol–water partition coefficient (Wildman–Crippen LogP) is 4.87. The molecule has 1 amide bonds. The number of anilines is 1. The van der Waals surface area contributed by atoms with Crippen molar-refractivity contribution < 1.29 is 17.9 Å². The van der Waals surface area contributed by atoms with Crippen molar-refractivity contribution in [2.24, 2.45) is 5.92 Å². The summed E-state index contributed by atoms with van der Waals surface area (Å²) in [7, 11) is -3.57. The van der Waals surface area contributed by atoms with Gasteiger partial charge < -0.3 is 10.1 Å². The van der Waals surface area contributed by atoms with Gasteiger partial charge in [-0.1, -0.05) is 29.8 Å². The number of nitrogens with one attached hydrogen (secondary N) is 1. The highest BCUT2D eigenvalue weighted by Gasteiger charge is 2.33. The van der Waals surface area contributed by atoms with Gasteiger partial charge in [0, 0.05) is 30.0 Å². The molecule has 1 aliphatic rings. The lowest BCUT2D eigenvalue weighted by molar-refractivity contribution is -0.120. The van der Waals surface area contributed by atoms with E-state index in [-0.39, 0.29) is 11.8 Å². The molecule has 4 rings (SSSR count). The lowest BCUT2D eigenvalue weighted by Gasteiger charge is -2.30. The highest BCUT2D eigenvalue weighted by Crippen LogP contribution is 2.33. The van der Waals surface area contributed by atoms with Gasteiger partial charge in [0.05, 0.1) is 17.2 Å². The Morgan fingerprint density at radius 2 is 1.91 bits per heavy atom. The number of benzene rings is 2. The summed E-state index contributed by atoms with van der Waals surface area (Å²) >= 11 is 1.36. The Balaban J connectivity index is 1.38. The van der Waals surface area contributed by atoms with E-state index in [0.717, 1.165) is 28.1 Å². The lowest BCUT2D eigenvalue weighted by Crippen LogP contribution is -2.41. The molecule has 0 aliphatic carbocycles. The first-order chi connectivity index (χ1) is 16.3. The number of aryl methyl sites for hydroxylation is 2. The summed E-state index contributed by atoms with van der Waals surface area (Å²) in [5, 5.41) is 5.33. The maximum Gasteiger partial charge on any atom is 0.243 e. The van der Waals surface area contributed by atoms with E-state index in [9.17, 15) is 13.2 Å². The number of piperidine rings is 1. The summed E-state index contributed by atoms with van der Waals surface area (Å²) in [6.45, 7) is 6.88. The zero-order chi connectivity index (χ0) is 24.3. The molecule has 2 heterocycles. The molecule has 0 atom stereocenters. The Labute approximate surface area is 204 Å². The van der Waals surface area contributed by atoms with Gasteiger partial charge >= 0.3 is 0 Å². The molecule has 0 radical (unpaired) electrons. The molecule has 1 saturated heterocycles. The summed E-state index contributed by atoms with van der Waals surface area (Å²) in [5.74, 6) is 0.377. The zero-order valence-electron chi connectivity index (χ0n) is 19.6. The fraction of sp³-hybridized carbons (Fsp3) is 0.360. The Kier molecular flexibility index (Phi) is 7.35. The van der Waals surface area contributed by atoms with Crippen molar-refractivity contribution in [3.63, 3.8) is 0 Å². The topological polar surface area (TPSA) is 88.6 Å². The molecular weight excluding hydrogens is 470 g/mol. The maximum atomic E-state index is 13.1. The van der Waals surface area contributed by atoms with Gasteiger partial charge in [0.25, 0.3) is 0 Å². The molecule has 0 bridgehead atoms. The molecule has 2 aromatic carbocycles. The predicted molar refractivity (Wildman–Crippen MR) is 135 cm³/mol. The van der Waals surface area contributed by atoms with Crippen LogP contribution in [-0.4, -0.2) is 43.3 Å². The first kappa shape index (κ1) is 24.4. The Hall–Kier alpha value is -2.75. The van der Waals surface area contributed by atoms with Crippen molar-refractivity contribution in [3.8, 4) is 17.0 Å². The molecule has 1 aromatic heterocycles. The number of carbonyl (C=O) groups is 1. The van der Waals surface area contributed by atoms with Crippen molar-refractivity contribution in [2.75, 3.05) is 25.0 Å². The second kappa shape index (κ2) is 10.2. The largest absolute Gasteiger partial charge is 0.493 e. The standard InChI is InChI=1S/C25H29N3O4S2/c1-4-32-22-8-6-5-7-20(22)21-16-33-25(26-21)27-24(29)19-11-13-28(14-12-19)34(30,31)23-10-9-17(2)15-18(23)3/h5-10,15-16,19H,4,11-14H2,1-3H3,(H,26,27,29). The number of rotatable bonds is 7. The highest BCUT2D eigenvalue weighted by atomic mass is 32.2. The van der Waals surface area contributed by atoms with E-state index < -0.39 is 10.0 Å². The van der Waals surface area contributed by atoms with Crippen LogP contribution in [0.3, 0.4) is 0 Å². The molecule has 0 unspecified atom stereocenters. The van der Waals surface area contributed by atoms with Crippen molar-refractivity contribution >= 4 is 32.4 Å². The fourth-order valence-corrected chi connectivity index (χ4v) is 6.60. The number of para-hydroxylation sites is 1. The van der Waals surface area contributed by atoms with Gasteiger partial charge in [0.1, 0.15) is 5.75 Å². The van der Waals surface area contributed by atoms with E-state index in [0.29, 0.717) is 42.6 Å². The minimum Gasteiger partial charge on any atom is -0.493 e. The third-order valence-electron chi connectivity index (χ3n) is 5.97. The molecule has 9 heteroatoms. The molecular formula is C25H29N3O4S2. The maximum absolute atomic E-state index is 13.1. The first-order valence-electron chi connectivity index (χ1n) is 11.4. The van der Waals surface area contributed by atoms with Crippen molar-refractivity contribution in [2.45, 2.75) is 38.5 Å². The Bertz CT molecular complexity index is 1280. The third-order valence-corrected chi connectivity index (χ3v) is 8.79. The lowest BCUT2D eigenvalue weighted by atomic mass is 9.97. The molecule has 180 valence electrons. The minimum absolute atomic E-state index is 0.123. The second-order valence-corrected chi connectivity index (χ2v) is 11.2. The molecule has 1 N–H and O–H groups in total. The van der Waals surface area contributed by atoms with Gasteiger partial charge in [-0.05, 0) is 57.4 Å². The number of thiazole rings is 1. The zero-order valence-corrected chi connectivity index (χ0v) is 21.2. The first-order valence-corrected chi connectivity index (χ1v) is 13.7. The fourth-order valence-electron chi connectivity index (χ4n) is 4.21. The number of hydrogen-bond acceptors (Lipinski definition) is 6. The number of sulfonamides is 1. The van der Waals surface area contributed by atoms with E-state index in [1.807, 2.05) is 62.5 Å². The molecule has 1 fully saturated rings. The molecule has 34 heavy (non-hydrogen) atoms. The Morgan fingerprint density at radius 1 is 1.18 bits per heavy atom. The van der Waals surface area contributed by atoms with Crippen LogP contribution in [0.1, 0.15) is 30.9 Å². The normalized spacial score (nSPS) is 15.3. The average molecular weight is 500 g/mol. The van der Waals surface area contributed by atoms with Gasteiger partial charge in [-0.15, -0.1) is 11.3 Å². The van der Waals surface area contributed by atoms with Crippen LogP contribution in [0, 0.1) is 19.8 Å². The number of nitrogens with zero attached hydrogens (tertiary/aromatic N) is 2. The SMILES string of the molecule is CCOc1ccccc1-c1csc(NC(=O)C2CCN(S(=O)(=O)c3ccc(C)cc3C)CC2)n1. The summed E-state index contributed by atoms with van der Waals surface area (Å²) in [5.41, 5.74) is 3.40. The van der Waals surface area contributed by atoms with Gasteiger partial charge in [-0.25, -0.2) is 13.4 Å². The molecule has 1 aliphatic heterocycles. The monoisotopic (exact) mass is 499 g/mol. The van der Waals surface area contributed by atoms with E-state index in [2.05, 4.69) is 10.3 Å². The van der Waals surface area contributed by atoms with Gasteiger partial charge in [-0.2, -0.15) is 4.31 Å². The van der Waals surface area contributed by atoms with Crippen molar-refractivity contribution in [3.05, 3.63) is 59.0 Å². The van der Waals surface area contributed by atoms with Crippen LogP contribution in [0.5, 0.6) is 5.75 Å². The number of amides is 1. The molecule has 0 saturated carbocycles. The van der Waals surface area contributed by atoms with E-state index >= 15 is 0 Å². The smallest absolute Gasteiger partial charge is 0.243 e. The van der Waals surface area contributed by atoms with E-state index in [1.54, 1.807) is 6.07 Å². The van der Waals surface area contributed by atoms with Crippen LogP contribution in [-0.2, 0) is 14.8 Å². The number of carbonyl (C=O) groups excluding carboxylic acids is 1. The second-order valence-electron chi connectivity index (χ2n) is 8.40. The number of ether oxygens (including phenoxy) is 1. The van der Waals surface area contributed by atoms with Crippen LogP contribution in [0.2, 0.25) is 0 Å². The summed E-state index contributed by atoms with van der Waals surface area (Å²) < 4.78 is 33.4. The van der Waals surface area contributed by atoms with Crippen LogP contribution in [0.25, 0.3) is 11.3 Å².